The van der Waals surface area contributed by atoms with Crippen LogP contribution in [0, 0.1) is 0 Å². The molecule has 4 rings (SSSR count). The van der Waals surface area contributed by atoms with Crippen LogP contribution in [0.15, 0.2) is 88.0 Å². The van der Waals surface area contributed by atoms with Crippen molar-refractivity contribution in [3.8, 4) is 5.75 Å². The summed E-state index contributed by atoms with van der Waals surface area (Å²) in [5.41, 5.74) is 3.21. The number of amides is 1. The van der Waals surface area contributed by atoms with Gasteiger partial charge >= 0.3 is 5.97 Å². The number of cyclic esters (lactones) is 1. The second-order valence-electron chi connectivity index (χ2n) is 7.05. The van der Waals surface area contributed by atoms with Gasteiger partial charge in [-0.15, -0.1) is 0 Å². The van der Waals surface area contributed by atoms with Gasteiger partial charge in [0.15, 0.2) is 5.70 Å². The highest BCUT2D eigenvalue weighted by Gasteiger charge is 2.24. The second-order valence-corrected chi connectivity index (χ2v) is 7.97. The van der Waals surface area contributed by atoms with Crippen LogP contribution in [0.4, 0.5) is 5.69 Å². The van der Waals surface area contributed by atoms with E-state index in [9.17, 15) is 9.59 Å². The SMILES string of the molecule is CC(=O)Nc1ccc(C2=N/C(=C\c3ccccc3OCc3cccc(Br)c3)C(=O)O2)cc1. The zero-order valence-electron chi connectivity index (χ0n) is 17.2. The van der Waals surface area contributed by atoms with Gasteiger partial charge in [-0.2, -0.15) is 0 Å². The number of benzene rings is 3. The fourth-order valence-electron chi connectivity index (χ4n) is 3.10. The van der Waals surface area contributed by atoms with Crippen molar-refractivity contribution in [3.63, 3.8) is 0 Å². The molecule has 0 bridgehead atoms. The van der Waals surface area contributed by atoms with Gasteiger partial charge in [-0.25, -0.2) is 9.79 Å². The van der Waals surface area contributed by atoms with Gasteiger partial charge in [-0.3, -0.25) is 4.79 Å². The highest BCUT2D eigenvalue weighted by Crippen LogP contribution is 2.26. The zero-order valence-corrected chi connectivity index (χ0v) is 18.8. The highest BCUT2D eigenvalue weighted by atomic mass is 79.9. The standard InChI is InChI=1S/C25H19BrN2O4/c1-16(29)27-21-11-9-18(10-12-21)24-28-22(25(30)32-24)14-19-6-2-3-8-23(19)31-15-17-5-4-7-20(26)13-17/h2-14H,15H2,1H3,(H,27,29)/b22-14-. The van der Waals surface area contributed by atoms with E-state index in [1.54, 1.807) is 30.3 Å². The smallest absolute Gasteiger partial charge is 0.363 e. The molecule has 160 valence electrons. The number of nitrogens with zero attached hydrogens (tertiary/aromatic N) is 1. The van der Waals surface area contributed by atoms with Gasteiger partial charge in [0.05, 0.1) is 0 Å². The van der Waals surface area contributed by atoms with Gasteiger partial charge in [0, 0.05) is 28.2 Å². The van der Waals surface area contributed by atoms with Crippen LogP contribution in [-0.4, -0.2) is 17.8 Å². The molecular weight excluding hydrogens is 472 g/mol. The Morgan fingerprint density at radius 2 is 1.88 bits per heavy atom. The van der Waals surface area contributed by atoms with E-state index in [0.717, 1.165) is 15.6 Å². The summed E-state index contributed by atoms with van der Waals surface area (Å²) in [7, 11) is 0. The molecule has 1 N–H and O–H groups in total. The molecule has 0 aliphatic carbocycles. The highest BCUT2D eigenvalue weighted by molar-refractivity contribution is 9.10. The van der Waals surface area contributed by atoms with Gasteiger partial charge in [0.2, 0.25) is 11.8 Å². The van der Waals surface area contributed by atoms with Crippen LogP contribution >= 0.6 is 15.9 Å². The second kappa shape index (κ2) is 9.62. The van der Waals surface area contributed by atoms with Crippen LogP contribution in [0.3, 0.4) is 0 Å². The van der Waals surface area contributed by atoms with Gasteiger partial charge < -0.3 is 14.8 Å². The molecular formula is C25H19BrN2O4. The first-order valence-corrected chi connectivity index (χ1v) is 10.6. The van der Waals surface area contributed by atoms with Crippen molar-refractivity contribution in [3.05, 3.63) is 99.7 Å². The number of para-hydroxylation sites is 1. The first kappa shape index (κ1) is 21.5. The number of hydrogen-bond acceptors (Lipinski definition) is 5. The first-order chi connectivity index (χ1) is 15.5. The lowest BCUT2D eigenvalue weighted by Gasteiger charge is -2.09. The molecule has 3 aromatic rings. The Morgan fingerprint density at radius 3 is 2.62 bits per heavy atom. The number of carbonyl (C=O) groups excluding carboxylic acids is 2. The third-order valence-corrected chi connectivity index (χ3v) is 5.06. The van der Waals surface area contributed by atoms with Crippen molar-refractivity contribution in [1.29, 1.82) is 0 Å². The average Bonchev–Trinajstić information content (AvgIpc) is 3.13. The Hall–Kier alpha value is -3.71. The van der Waals surface area contributed by atoms with E-state index in [4.69, 9.17) is 9.47 Å². The number of nitrogens with one attached hydrogen (secondary N) is 1. The molecule has 0 unspecified atom stereocenters. The summed E-state index contributed by atoms with van der Waals surface area (Å²) in [6.45, 7) is 1.83. The summed E-state index contributed by atoms with van der Waals surface area (Å²) < 4.78 is 12.3. The van der Waals surface area contributed by atoms with Crippen molar-refractivity contribution in [2.75, 3.05) is 5.32 Å². The summed E-state index contributed by atoms with van der Waals surface area (Å²) in [4.78, 5) is 27.9. The molecule has 0 radical (unpaired) electrons. The van der Waals surface area contributed by atoms with Crippen LogP contribution in [0.25, 0.3) is 6.08 Å². The minimum atomic E-state index is -0.535. The number of aliphatic imine (C=N–C) groups is 1. The lowest BCUT2D eigenvalue weighted by molar-refractivity contribution is -0.129. The maximum absolute atomic E-state index is 12.4. The summed E-state index contributed by atoms with van der Waals surface area (Å²) >= 11 is 3.46. The largest absolute Gasteiger partial charge is 0.488 e. The quantitative estimate of drug-likeness (QED) is 0.374. The number of carbonyl (C=O) groups is 2. The van der Waals surface area contributed by atoms with Crippen LogP contribution < -0.4 is 10.1 Å². The van der Waals surface area contributed by atoms with Crippen LogP contribution in [0.5, 0.6) is 5.75 Å². The minimum absolute atomic E-state index is 0.159. The van der Waals surface area contributed by atoms with E-state index in [1.807, 2.05) is 48.5 Å². The zero-order chi connectivity index (χ0) is 22.5. The topological polar surface area (TPSA) is 77.0 Å². The molecule has 3 aromatic carbocycles. The van der Waals surface area contributed by atoms with E-state index in [-0.39, 0.29) is 17.5 Å². The number of hydrogen-bond donors (Lipinski definition) is 1. The van der Waals surface area contributed by atoms with Crippen LogP contribution in [0.1, 0.15) is 23.6 Å². The Morgan fingerprint density at radius 1 is 1.09 bits per heavy atom. The molecule has 1 aliphatic heterocycles. The maximum Gasteiger partial charge on any atom is 0.363 e. The van der Waals surface area contributed by atoms with E-state index in [2.05, 4.69) is 26.2 Å². The van der Waals surface area contributed by atoms with Gasteiger partial charge in [-0.05, 0) is 54.1 Å². The molecule has 0 spiro atoms. The molecule has 32 heavy (non-hydrogen) atoms. The Labute approximate surface area is 193 Å². The number of rotatable bonds is 6. The predicted octanol–water partition coefficient (Wildman–Crippen LogP) is 5.33. The van der Waals surface area contributed by atoms with Crippen LogP contribution in [-0.2, 0) is 20.9 Å². The molecule has 1 amide bonds. The number of esters is 1. The average molecular weight is 491 g/mol. The Bertz CT molecular complexity index is 1230. The van der Waals surface area contributed by atoms with Crippen LogP contribution in [0.2, 0.25) is 0 Å². The molecule has 0 atom stereocenters. The molecule has 0 saturated heterocycles. The summed E-state index contributed by atoms with van der Waals surface area (Å²) in [6, 6.07) is 22.2. The fourth-order valence-corrected chi connectivity index (χ4v) is 3.55. The van der Waals surface area contributed by atoms with E-state index in [1.165, 1.54) is 6.92 Å². The molecule has 6 nitrogen and oxygen atoms in total. The van der Waals surface area contributed by atoms with E-state index < -0.39 is 5.97 Å². The normalized spacial score (nSPS) is 14.1. The Kier molecular flexibility index (Phi) is 6.47. The minimum Gasteiger partial charge on any atom is -0.488 e. The summed E-state index contributed by atoms with van der Waals surface area (Å²) in [5, 5.41) is 2.69. The number of halogens is 1. The molecule has 0 fully saturated rings. The molecule has 7 heteroatoms. The third-order valence-electron chi connectivity index (χ3n) is 4.57. The van der Waals surface area contributed by atoms with Crippen molar-refractivity contribution in [1.82, 2.24) is 0 Å². The van der Waals surface area contributed by atoms with Crippen molar-refractivity contribution >= 4 is 45.5 Å². The summed E-state index contributed by atoms with van der Waals surface area (Å²) in [5.74, 6) is 0.153. The molecule has 1 heterocycles. The van der Waals surface area contributed by atoms with Crippen molar-refractivity contribution in [2.24, 2.45) is 4.99 Å². The summed E-state index contributed by atoms with van der Waals surface area (Å²) in [6.07, 6.45) is 1.65. The predicted molar refractivity (Wildman–Crippen MR) is 126 cm³/mol. The molecule has 1 aliphatic rings. The fraction of sp³-hybridized carbons (Fsp3) is 0.0800. The molecule has 0 aromatic heterocycles. The number of ether oxygens (including phenoxy) is 2. The molecule has 0 saturated carbocycles. The first-order valence-electron chi connectivity index (χ1n) is 9.85. The lowest BCUT2D eigenvalue weighted by atomic mass is 10.1. The number of anilines is 1. The lowest BCUT2D eigenvalue weighted by Crippen LogP contribution is -2.07. The monoisotopic (exact) mass is 490 g/mol. The van der Waals surface area contributed by atoms with Crippen molar-refractivity contribution < 1.29 is 19.1 Å². The van der Waals surface area contributed by atoms with E-state index >= 15 is 0 Å². The van der Waals surface area contributed by atoms with Gasteiger partial charge in [0.25, 0.3) is 0 Å². The Balaban J connectivity index is 1.54. The van der Waals surface area contributed by atoms with Crippen molar-refractivity contribution in [2.45, 2.75) is 13.5 Å². The van der Waals surface area contributed by atoms with Gasteiger partial charge in [0.1, 0.15) is 12.4 Å². The third kappa shape index (κ3) is 5.31. The maximum atomic E-state index is 12.4. The van der Waals surface area contributed by atoms with E-state index in [0.29, 0.717) is 23.6 Å². The van der Waals surface area contributed by atoms with Gasteiger partial charge in [-0.1, -0.05) is 46.3 Å².